The molecule has 0 saturated carbocycles. The number of hydrogen-bond acceptors (Lipinski definition) is 9. The Morgan fingerprint density at radius 2 is 1.08 bits per heavy atom. The molecule has 260 valence electrons. The fourth-order valence-electron chi connectivity index (χ4n) is 4.76. The van der Waals surface area contributed by atoms with Crippen LogP contribution in [0.25, 0.3) is 0 Å². The van der Waals surface area contributed by atoms with Crippen LogP contribution in [0.2, 0.25) is 0 Å². The van der Waals surface area contributed by atoms with Crippen LogP contribution in [0, 0.1) is 0 Å². The molecule has 0 aliphatic rings. The summed E-state index contributed by atoms with van der Waals surface area (Å²) < 4.78 is 18.1. The number of carboxylic acids is 1. The topological polar surface area (TPSA) is 125 Å². The molecular weight excluding hydrogens is 716 g/mol. The van der Waals surface area contributed by atoms with Gasteiger partial charge in [0.2, 0.25) is 0 Å². The highest BCUT2D eigenvalue weighted by Crippen LogP contribution is 2.37. The lowest BCUT2D eigenvalue weighted by atomic mass is 10.1. The number of benzene rings is 5. The Morgan fingerprint density at radius 1 is 0.588 bits per heavy atom. The van der Waals surface area contributed by atoms with E-state index in [2.05, 4.69) is 26.2 Å². The number of carbonyl (C=O) groups is 2. The van der Waals surface area contributed by atoms with Crippen molar-refractivity contribution in [3.8, 4) is 17.2 Å². The van der Waals surface area contributed by atoms with Crippen molar-refractivity contribution in [3.63, 3.8) is 0 Å². The predicted molar refractivity (Wildman–Crippen MR) is 196 cm³/mol. The van der Waals surface area contributed by atoms with Crippen molar-refractivity contribution in [2.24, 2.45) is 10.3 Å². The summed E-state index contributed by atoms with van der Waals surface area (Å²) >= 11 is 3.57. The zero-order chi connectivity index (χ0) is 35.8. The van der Waals surface area contributed by atoms with Gasteiger partial charge in [0.05, 0.1) is 11.6 Å². The summed E-state index contributed by atoms with van der Waals surface area (Å²) in [6.45, 7) is 0.629. The Hall–Kier alpha value is -5.94. The van der Waals surface area contributed by atoms with Gasteiger partial charge in [-0.25, -0.2) is 9.59 Å². The van der Waals surface area contributed by atoms with E-state index >= 15 is 0 Å². The van der Waals surface area contributed by atoms with E-state index in [1.807, 2.05) is 97.1 Å². The largest absolute Gasteiger partial charge is 0.485 e. The van der Waals surface area contributed by atoms with Gasteiger partial charge in [0, 0.05) is 12.8 Å². The summed E-state index contributed by atoms with van der Waals surface area (Å²) in [5.74, 6) is -0.512. The number of nitrogens with zero attached hydrogens (tertiary/aromatic N) is 2. The molecule has 51 heavy (non-hydrogen) atoms. The number of halogens is 1. The Balaban J connectivity index is 1.35. The molecular formula is C40H35BrN2O8. The van der Waals surface area contributed by atoms with Crippen molar-refractivity contribution in [3.05, 3.63) is 160 Å². The summed E-state index contributed by atoms with van der Waals surface area (Å²) in [4.78, 5) is 35.4. The minimum Gasteiger partial charge on any atom is -0.485 e. The number of methoxy groups -OCH3 is 1. The lowest BCUT2D eigenvalue weighted by molar-refractivity contribution is -0.133. The predicted octanol–water partition coefficient (Wildman–Crippen LogP) is 8.31. The normalized spacial score (nSPS) is 11.4. The average molecular weight is 752 g/mol. The van der Waals surface area contributed by atoms with Crippen LogP contribution in [-0.2, 0) is 56.7 Å². The smallest absolute Gasteiger partial charge is 0.356 e. The van der Waals surface area contributed by atoms with Gasteiger partial charge in [-0.2, -0.15) is 0 Å². The molecule has 0 heterocycles. The highest BCUT2D eigenvalue weighted by Gasteiger charge is 2.18. The summed E-state index contributed by atoms with van der Waals surface area (Å²) in [5, 5.41) is 17.7. The Labute approximate surface area is 304 Å². The molecule has 0 amide bonds. The molecule has 0 spiro atoms. The highest BCUT2D eigenvalue weighted by molar-refractivity contribution is 9.10. The third-order valence-corrected chi connectivity index (χ3v) is 7.99. The molecule has 1 N–H and O–H groups in total. The average Bonchev–Trinajstić information content (AvgIpc) is 3.15. The quantitative estimate of drug-likeness (QED) is 0.0572. The van der Waals surface area contributed by atoms with E-state index in [0.717, 1.165) is 16.7 Å². The van der Waals surface area contributed by atoms with Gasteiger partial charge in [-0.05, 0) is 68.0 Å². The second kappa shape index (κ2) is 18.7. The maximum Gasteiger partial charge on any atom is 0.356 e. The number of oxime groups is 2. The van der Waals surface area contributed by atoms with E-state index in [4.69, 9.17) is 23.9 Å². The van der Waals surface area contributed by atoms with E-state index in [1.165, 1.54) is 7.11 Å². The third-order valence-electron chi connectivity index (χ3n) is 7.37. The van der Waals surface area contributed by atoms with E-state index < -0.39 is 11.9 Å². The van der Waals surface area contributed by atoms with E-state index in [0.29, 0.717) is 39.5 Å². The maximum absolute atomic E-state index is 12.6. The van der Waals surface area contributed by atoms with Crippen LogP contribution in [0.15, 0.2) is 142 Å². The Kier molecular flexibility index (Phi) is 13.3. The molecule has 0 atom stereocenters. The number of esters is 1. The highest BCUT2D eigenvalue weighted by atomic mass is 79.9. The monoisotopic (exact) mass is 750 g/mol. The molecule has 0 aliphatic carbocycles. The second-order valence-electron chi connectivity index (χ2n) is 11.2. The molecule has 0 aromatic heterocycles. The van der Waals surface area contributed by atoms with Crippen LogP contribution in [-0.4, -0.2) is 35.6 Å². The molecule has 0 saturated heterocycles. The summed E-state index contributed by atoms with van der Waals surface area (Å²) in [6, 6.07) is 39.1. The SMILES string of the molecule is COC(=O)/C(Cc1ccc(OCc2ccccc2)c(Oc2ccc(C/C(=N\OCc3ccccc3)C(=O)O)cc2Br)c1)=N/OCc1ccccc1. The molecule has 0 bridgehead atoms. The second-order valence-corrected chi connectivity index (χ2v) is 12.0. The van der Waals surface area contributed by atoms with Crippen molar-refractivity contribution < 1.29 is 38.6 Å². The molecule has 0 aliphatic heterocycles. The molecule has 5 aromatic rings. The molecule has 0 fully saturated rings. The first-order valence-electron chi connectivity index (χ1n) is 15.9. The Morgan fingerprint density at radius 3 is 1.61 bits per heavy atom. The number of carbonyl (C=O) groups excluding carboxylic acids is 1. The number of carboxylic acid groups (broad SMARTS) is 1. The zero-order valence-corrected chi connectivity index (χ0v) is 29.3. The fraction of sp³-hybridized carbons (Fsp3) is 0.150. The molecule has 11 heteroatoms. The molecule has 5 rings (SSSR count). The van der Waals surface area contributed by atoms with Crippen LogP contribution >= 0.6 is 15.9 Å². The number of hydrogen-bond donors (Lipinski definition) is 1. The van der Waals surface area contributed by atoms with E-state index in [9.17, 15) is 14.7 Å². The van der Waals surface area contributed by atoms with Gasteiger partial charge in [0.1, 0.15) is 25.6 Å². The molecule has 5 aromatic carbocycles. The van der Waals surface area contributed by atoms with Gasteiger partial charge in [-0.3, -0.25) is 0 Å². The standard InChI is InChI=1S/C40H35BrN2O8/c1-47-40(46)35(43-50-27-30-15-9-4-10-16-30)23-32-18-20-37(48-25-28-11-5-2-6-12-28)38(24-32)51-36-19-17-31(21-33(36)41)22-34(39(44)45)42-49-26-29-13-7-3-8-14-29/h2-21,24H,22-23,25-27H2,1H3,(H,44,45)/b42-34+,43-35+. The number of ether oxygens (including phenoxy) is 3. The molecule has 10 nitrogen and oxygen atoms in total. The first-order chi connectivity index (χ1) is 24.9. The first kappa shape index (κ1) is 36.3. The summed E-state index contributed by atoms with van der Waals surface area (Å²) in [5.41, 5.74) is 4.03. The first-order valence-corrected chi connectivity index (χ1v) is 16.7. The van der Waals surface area contributed by atoms with Crippen molar-refractivity contribution >= 4 is 39.3 Å². The van der Waals surface area contributed by atoms with Gasteiger partial charge >= 0.3 is 11.9 Å². The zero-order valence-electron chi connectivity index (χ0n) is 27.7. The van der Waals surface area contributed by atoms with Gasteiger partial charge in [-0.1, -0.05) is 113 Å². The van der Waals surface area contributed by atoms with Crippen molar-refractivity contribution in [1.29, 1.82) is 0 Å². The van der Waals surface area contributed by atoms with Crippen molar-refractivity contribution in [2.75, 3.05) is 7.11 Å². The van der Waals surface area contributed by atoms with E-state index in [-0.39, 0.29) is 37.5 Å². The van der Waals surface area contributed by atoms with Gasteiger partial charge < -0.3 is 29.0 Å². The lowest BCUT2D eigenvalue weighted by Crippen LogP contribution is -2.19. The number of aliphatic carboxylic acids is 1. The van der Waals surface area contributed by atoms with Crippen LogP contribution in [0.3, 0.4) is 0 Å². The molecule has 0 radical (unpaired) electrons. The number of rotatable bonds is 17. The van der Waals surface area contributed by atoms with Crippen molar-refractivity contribution in [1.82, 2.24) is 0 Å². The third kappa shape index (κ3) is 11.3. The van der Waals surface area contributed by atoms with Gasteiger partial charge in [0.15, 0.2) is 22.9 Å². The van der Waals surface area contributed by atoms with Crippen LogP contribution < -0.4 is 9.47 Å². The fourth-order valence-corrected chi connectivity index (χ4v) is 5.27. The lowest BCUT2D eigenvalue weighted by Gasteiger charge is -2.16. The Bertz CT molecular complexity index is 1970. The van der Waals surface area contributed by atoms with Gasteiger partial charge in [0.25, 0.3) is 0 Å². The van der Waals surface area contributed by atoms with Crippen molar-refractivity contribution in [2.45, 2.75) is 32.7 Å². The maximum atomic E-state index is 12.6. The van der Waals surface area contributed by atoms with Crippen LogP contribution in [0.1, 0.15) is 27.8 Å². The summed E-state index contributed by atoms with van der Waals surface area (Å²) in [6.07, 6.45) is 0.118. The van der Waals surface area contributed by atoms with Crippen LogP contribution in [0.4, 0.5) is 0 Å². The minimum atomic E-state index is -1.18. The van der Waals surface area contributed by atoms with Crippen LogP contribution in [0.5, 0.6) is 17.2 Å². The summed E-state index contributed by atoms with van der Waals surface area (Å²) in [7, 11) is 1.29. The van der Waals surface area contributed by atoms with E-state index in [1.54, 1.807) is 30.3 Å². The minimum absolute atomic E-state index is 0.0198. The van der Waals surface area contributed by atoms with Gasteiger partial charge in [-0.15, -0.1) is 0 Å². The molecule has 0 unspecified atom stereocenters.